The summed E-state index contributed by atoms with van der Waals surface area (Å²) < 4.78 is 6.51. The van der Waals surface area contributed by atoms with Gasteiger partial charge < -0.3 is 4.74 Å². The number of benzene rings is 2. The van der Waals surface area contributed by atoms with Crippen molar-refractivity contribution in [3.05, 3.63) is 68.7 Å². The highest BCUT2D eigenvalue weighted by atomic mass is 79.9. The van der Waals surface area contributed by atoms with E-state index in [0.717, 1.165) is 10.2 Å². The highest BCUT2D eigenvalue weighted by molar-refractivity contribution is 9.10. The van der Waals surface area contributed by atoms with Crippen molar-refractivity contribution in [2.45, 2.75) is 6.42 Å². The van der Waals surface area contributed by atoms with Crippen LogP contribution in [0.15, 0.2) is 53.0 Å². The molecule has 0 aliphatic heterocycles. The molecule has 0 bridgehead atoms. The molecule has 2 aromatic rings. The first-order valence-electron chi connectivity index (χ1n) is 5.77. The van der Waals surface area contributed by atoms with Gasteiger partial charge >= 0.3 is 0 Å². The third-order valence-corrected chi connectivity index (χ3v) is 3.12. The number of nitro groups is 1. The van der Waals surface area contributed by atoms with E-state index in [-0.39, 0.29) is 10.6 Å². The molecule has 0 aliphatic carbocycles. The summed E-state index contributed by atoms with van der Waals surface area (Å²) in [4.78, 5) is 10.5. The lowest BCUT2D eigenvalue weighted by molar-refractivity contribution is -0.385. The van der Waals surface area contributed by atoms with Gasteiger partial charge in [-0.25, -0.2) is 0 Å². The van der Waals surface area contributed by atoms with Crippen LogP contribution >= 0.6 is 15.9 Å². The molecule has 98 valence electrons. The summed E-state index contributed by atoms with van der Waals surface area (Å²) in [7, 11) is 0. The zero-order valence-electron chi connectivity index (χ0n) is 10.1. The van der Waals surface area contributed by atoms with E-state index in [9.17, 15) is 10.1 Å². The average molecular weight is 322 g/mol. The Morgan fingerprint density at radius 2 is 1.95 bits per heavy atom. The second-order valence-corrected chi connectivity index (χ2v) is 4.86. The van der Waals surface area contributed by atoms with Crippen molar-refractivity contribution in [1.29, 1.82) is 0 Å². The predicted molar refractivity (Wildman–Crippen MR) is 76.4 cm³/mol. The average Bonchev–Trinajstić information content (AvgIpc) is 2.39. The van der Waals surface area contributed by atoms with Crippen molar-refractivity contribution < 1.29 is 9.66 Å². The molecule has 0 aliphatic rings. The van der Waals surface area contributed by atoms with E-state index in [1.165, 1.54) is 6.07 Å². The Balaban J connectivity index is 1.98. The first-order chi connectivity index (χ1) is 9.16. The summed E-state index contributed by atoms with van der Waals surface area (Å²) in [5.41, 5.74) is 0.822. The van der Waals surface area contributed by atoms with Gasteiger partial charge in [0, 0.05) is 22.5 Å². The molecule has 4 nitrogen and oxygen atoms in total. The molecule has 0 fully saturated rings. The van der Waals surface area contributed by atoms with Crippen LogP contribution in [-0.4, -0.2) is 11.5 Å². The number of rotatable bonds is 5. The highest BCUT2D eigenvalue weighted by Crippen LogP contribution is 2.20. The fraction of sp³-hybridized carbons (Fsp3) is 0.143. The Morgan fingerprint density at radius 3 is 2.68 bits per heavy atom. The number of ether oxygens (including phenoxy) is 1. The van der Waals surface area contributed by atoms with E-state index in [4.69, 9.17) is 4.74 Å². The Kier molecular flexibility index (Phi) is 4.52. The van der Waals surface area contributed by atoms with Gasteiger partial charge in [-0.1, -0.05) is 40.2 Å². The number of para-hydroxylation sites is 1. The number of hydrogen-bond acceptors (Lipinski definition) is 3. The monoisotopic (exact) mass is 321 g/mol. The SMILES string of the molecule is O=[N+]([O-])c1ccccc1CCOc1cccc(Br)c1. The molecule has 0 spiro atoms. The number of hydrogen-bond donors (Lipinski definition) is 0. The zero-order valence-corrected chi connectivity index (χ0v) is 11.7. The topological polar surface area (TPSA) is 52.4 Å². The predicted octanol–water partition coefficient (Wildman–Crippen LogP) is 3.98. The van der Waals surface area contributed by atoms with Crippen LogP contribution in [-0.2, 0) is 6.42 Å². The molecule has 0 heterocycles. The van der Waals surface area contributed by atoms with Crippen molar-refractivity contribution in [2.75, 3.05) is 6.61 Å². The van der Waals surface area contributed by atoms with Gasteiger partial charge in [0.2, 0.25) is 0 Å². The minimum Gasteiger partial charge on any atom is -0.493 e. The lowest BCUT2D eigenvalue weighted by atomic mass is 10.1. The first-order valence-corrected chi connectivity index (χ1v) is 6.57. The van der Waals surface area contributed by atoms with E-state index in [2.05, 4.69) is 15.9 Å². The molecule has 0 saturated carbocycles. The summed E-state index contributed by atoms with van der Waals surface area (Å²) in [6, 6.07) is 14.2. The van der Waals surface area contributed by atoms with Crippen molar-refractivity contribution in [1.82, 2.24) is 0 Å². The summed E-state index contributed by atoms with van der Waals surface area (Å²) in [5, 5.41) is 10.9. The quantitative estimate of drug-likeness (QED) is 0.618. The number of halogens is 1. The zero-order chi connectivity index (χ0) is 13.7. The van der Waals surface area contributed by atoms with Crippen molar-refractivity contribution >= 4 is 21.6 Å². The van der Waals surface area contributed by atoms with Crippen molar-refractivity contribution in [3.63, 3.8) is 0 Å². The van der Waals surface area contributed by atoms with Crippen LogP contribution in [0.3, 0.4) is 0 Å². The van der Waals surface area contributed by atoms with Gasteiger partial charge in [-0.2, -0.15) is 0 Å². The first kappa shape index (κ1) is 13.5. The molecule has 0 saturated heterocycles. The van der Waals surface area contributed by atoms with Gasteiger partial charge in [0.1, 0.15) is 5.75 Å². The van der Waals surface area contributed by atoms with E-state index < -0.39 is 0 Å². The largest absolute Gasteiger partial charge is 0.493 e. The van der Waals surface area contributed by atoms with Gasteiger partial charge in [0.15, 0.2) is 0 Å². The second kappa shape index (κ2) is 6.33. The molecule has 0 unspecified atom stereocenters. The summed E-state index contributed by atoms with van der Waals surface area (Å²) in [6.45, 7) is 0.404. The molecule has 2 aromatic carbocycles. The second-order valence-electron chi connectivity index (χ2n) is 3.94. The molecular formula is C14H12BrNO3. The molecule has 0 radical (unpaired) electrons. The lowest BCUT2D eigenvalue weighted by Gasteiger charge is -2.06. The van der Waals surface area contributed by atoms with Gasteiger partial charge in [-0.05, 0) is 18.2 Å². The van der Waals surface area contributed by atoms with Crippen molar-refractivity contribution in [3.8, 4) is 5.75 Å². The fourth-order valence-electron chi connectivity index (χ4n) is 1.74. The fourth-order valence-corrected chi connectivity index (χ4v) is 2.11. The van der Waals surface area contributed by atoms with Crippen LogP contribution in [0.25, 0.3) is 0 Å². The summed E-state index contributed by atoms with van der Waals surface area (Å²) >= 11 is 3.36. The van der Waals surface area contributed by atoms with E-state index in [1.807, 2.05) is 24.3 Å². The summed E-state index contributed by atoms with van der Waals surface area (Å²) in [6.07, 6.45) is 0.504. The van der Waals surface area contributed by atoms with Gasteiger partial charge in [0.05, 0.1) is 11.5 Å². The molecule has 0 atom stereocenters. The molecule has 19 heavy (non-hydrogen) atoms. The van der Waals surface area contributed by atoms with Crippen LogP contribution in [0.1, 0.15) is 5.56 Å². The van der Waals surface area contributed by atoms with E-state index in [1.54, 1.807) is 18.2 Å². The minimum absolute atomic E-state index is 0.139. The lowest BCUT2D eigenvalue weighted by Crippen LogP contribution is -2.03. The van der Waals surface area contributed by atoms with E-state index >= 15 is 0 Å². The minimum atomic E-state index is -0.367. The van der Waals surface area contributed by atoms with Crippen LogP contribution < -0.4 is 4.74 Å². The van der Waals surface area contributed by atoms with Gasteiger partial charge in [-0.3, -0.25) is 10.1 Å². The molecule has 0 N–H and O–H groups in total. The Bertz CT molecular complexity index is 586. The van der Waals surface area contributed by atoms with Crippen LogP contribution in [0, 0.1) is 10.1 Å². The maximum atomic E-state index is 10.9. The van der Waals surface area contributed by atoms with Crippen LogP contribution in [0.5, 0.6) is 5.75 Å². The Morgan fingerprint density at radius 1 is 1.16 bits per heavy atom. The normalized spacial score (nSPS) is 10.2. The van der Waals surface area contributed by atoms with Gasteiger partial charge in [-0.15, -0.1) is 0 Å². The molecular weight excluding hydrogens is 310 g/mol. The third kappa shape index (κ3) is 3.79. The van der Waals surface area contributed by atoms with Crippen LogP contribution in [0.2, 0.25) is 0 Å². The summed E-state index contributed by atoms with van der Waals surface area (Å²) in [5.74, 6) is 0.743. The Hall–Kier alpha value is -1.88. The highest BCUT2D eigenvalue weighted by Gasteiger charge is 2.11. The standard InChI is InChI=1S/C14H12BrNO3/c15-12-5-3-6-13(10-12)19-9-8-11-4-1-2-7-14(11)16(17)18/h1-7,10H,8-9H2. The number of nitrogens with zero attached hydrogens (tertiary/aromatic N) is 1. The third-order valence-electron chi connectivity index (χ3n) is 2.62. The van der Waals surface area contributed by atoms with E-state index in [0.29, 0.717) is 18.6 Å². The maximum Gasteiger partial charge on any atom is 0.272 e. The molecule has 0 amide bonds. The molecule has 5 heteroatoms. The molecule has 0 aromatic heterocycles. The number of nitro benzene ring substituents is 1. The van der Waals surface area contributed by atoms with Gasteiger partial charge in [0.25, 0.3) is 5.69 Å². The van der Waals surface area contributed by atoms with Crippen molar-refractivity contribution in [2.24, 2.45) is 0 Å². The maximum absolute atomic E-state index is 10.9. The smallest absolute Gasteiger partial charge is 0.272 e. The molecule has 2 rings (SSSR count). The Labute approximate surface area is 119 Å². The van der Waals surface area contributed by atoms with Crippen LogP contribution in [0.4, 0.5) is 5.69 Å².